The Morgan fingerprint density at radius 2 is 1.77 bits per heavy atom. The molecule has 0 saturated carbocycles. The summed E-state index contributed by atoms with van der Waals surface area (Å²) in [5.74, 6) is -0.195. The molecule has 0 atom stereocenters. The molecule has 2 aromatic carbocycles. The molecule has 2 aromatic rings. The largest absolute Gasteiger partial charge is 0.397 e. The van der Waals surface area contributed by atoms with Crippen LogP contribution >= 0.6 is 31.9 Å². The van der Waals surface area contributed by atoms with Gasteiger partial charge in [-0.2, -0.15) is 0 Å². The van der Waals surface area contributed by atoms with Crippen molar-refractivity contribution in [3.05, 3.63) is 56.5 Å². The van der Waals surface area contributed by atoms with Crippen LogP contribution in [0.1, 0.15) is 28.8 Å². The minimum absolute atomic E-state index is 0.0120. The van der Waals surface area contributed by atoms with Crippen molar-refractivity contribution in [2.45, 2.75) is 25.4 Å². The van der Waals surface area contributed by atoms with E-state index < -0.39 is 0 Å². The van der Waals surface area contributed by atoms with Crippen LogP contribution in [0, 0.1) is 0 Å². The van der Waals surface area contributed by atoms with Crippen LogP contribution in [0.5, 0.6) is 0 Å². The number of nitrogen functional groups attached to an aromatic ring is 1. The van der Waals surface area contributed by atoms with E-state index in [0.717, 1.165) is 11.3 Å². The number of hydrogen-bond donors (Lipinski definition) is 2. The minimum Gasteiger partial charge on any atom is -0.397 e. The predicted molar refractivity (Wildman–Crippen MR) is 121 cm³/mol. The van der Waals surface area contributed by atoms with E-state index in [1.54, 1.807) is 21.9 Å². The van der Waals surface area contributed by atoms with Crippen molar-refractivity contribution >= 4 is 61.0 Å². The first-order valence-electron chi connectivity index (χ1n) is 9.54. The number of carbonyl (C=O) groups excluding carboxylic acids is 3. The van der Waals surface area contributed by atoms with Crippen LogP contribution in [-0.4, -0.2) is 46.7 Å². The molecule has 156 valence electrons. The van der Waals surface area contributed by atoms with E-state index in [4.69, 9.17) is 5.73 Å². The Labute approximate surface area is 190 Å². The number of urea groups is 1. The highest BCUT2D eigenvalue weighted by Gasteiger charge is 2.38. The van der Waals surface area contributed by atoms with Crippen LogP contribution in [0.4, 0.5) is 16.2 Å². The van der Waals surface area contributed by atoms with Gasteiger partial charge in [0.2, 0.25) is 5.91 Å². The summed E-state index contributed by atoms with van der Waals surface area (Å²) in [5, 5.41) is 2.90. The molecule has 1 fully saturated rings. The highest BCUT2D eigenvalue weighted by atomic mass is 79.9. The Balaban J connectivity index is 1.29. The first-order valence-corrected chi connectivity index (χ1v) is 11.1. The number of nitrogens with zero attached hydrogens (tertiary/aromatic N) is 2. The summed E-state index contributed by atoms with van der Waals surface area (Å²) in [7, 11) is 0. The molecule has 7 nitrogen and oxygen atoms in total. The third-order valence-electron chi connectivity index (χ3n) is 5.48. The molecule has 2 aliphatic rings. The number of ketones is 1. The molecule has 2 heterocycles. The number of amides is 3. The lowest BCUT2D eigenvalue weighted by atomic mass is 10.0. The fourth-order valence-corrected chi connectivity index (χ4v) is 4.83. The van der Waals surface area contributed by atoms with Gasteiger partial charge in [0.05, 0.1) is 11.7 Å². The van der Waals surface area contributed by atoms with E-state index in [1.165, 1.54) is 0 Å². The molecule has 0 unspecified atom stereocenters. The van der Waals surface area contributed by atoms with Gasteiger partial charge in [-0.05, 0) is 55.6 Å². The van der Waals surface area contributed by atoms with Crippen LogP contribution in [0.2, 0.25) is 0 Å². The fraction of sp³-hybridized carbons (Fsp3) is 0.286. The molecule has 30 heavy (non-hydrogen) atoms. The molecule has 2 aliphatic heterocycles. The van der Waals surface area contributed by atoms with Gasteiger partial charge < -0.3 is 20.9 Å². The summed E-state index contributed by atoms with van der Waals surface area (Å²) in [4.78, 5) is 40.8. The van der Waals surface area contributed by atoms with E-state index in [0.29, 0.717) is 39.8 Å². The zero-order valence-corrected chi connectivity index (χ0v) is 19.2. The van der Waals surface area contributed by atoms with Gasteiger partial charge >= 0.3 is 6.03 Å². The van der Waals surface area contributed by atoms with Gasteiger partial charge in [-0.1, -0.05) is 18.2 Å². The Morgan fingerprint density at radius 1 is 1.10 bits per heavy atom. The monoisotopic (exact) mass is 534 g/mol. The van der Waals surface area contributed by atoms with Crippen molar-refractivity contribution in [1.29, 1.82) is 0 Å². The lowest BCUT2D eigenvalue weighted by Crippen LogP contribution is -2.63. The van der Waals surface area contributed by atoms with Crippen molar-refractivity contribution in [2.75, 3.05) is 24.1 Å². The molecule has 0 bridgehead atoms. The Bertz CT molecular complexity index is 1010. The summed E-state index contributed by atoms with van der Waals surface area (Å²) in [6.07, 6.45) is 0.264. The van der Waals surface area contributed by atoms with Gasteiger partial charge in [-0.25, -0.2) is 4.79 Å². The molecule has 3 amide bonds. The normalized spacial score (nSPS) is 16.0. The molecule has 4 rings (SSSR count). The highest BCUT2D eigenvalue weighted by Crippen LogP contribution is 2.31. The lowest BCUT2D eigenvalue weighted by Gasteiger charge is -2.46. The molecule has 9 heteroatoms. The van der Waals surface area contributed by atoms with Crippen LogP contribution in [0.15, 0.2) is 45.3 Å². The summed E-state index contributed by atoms with van der Waals surface area (Å²) < 4.78 is 1.28. The molecule has 3 N–H and O–H groups in total. The van der Waals surface area contributed by atoms with Crippen molar-refractivity contribution < 1.29 is 14.4 Å². The van der Waals surface area contributed by atoms with E-state index in [2.05, 4.69) is 37.2 Å². The van der Waals surface area contributed by atoms with E-state index in [-0.39, 0.29) is 36.6 Å². The van der Waals surface area contributed by atoms with Gasteiger partial charge in [0.1, 0.15) is 0 Å². The van der Waals surface area contributed by atoms with Crippen molar-refractivity contribution in [2.24, 2.45) is 0 Å². The topological polar surface area (TPSA) is 95.7 Å². The number of nitrogens with one attached hydrogen (secondary N) is 1. The average molecular weight is 536 g/mol. The number of hydrogen-bond acceptors (Lipinski definition) is 4. The zero-order chi connectivity index (χ0) is 21.4. The second-order valence-electron chi connectivity index (χ2n) is 7.44. The smallest absolute Gasteiger partial charge is 0.322 e. The number of benzene rings is 2. The molecule has 0 aromatic heterocycles. The van der Waals surface area contributed by atoms with Gasteiger partial charge in [0.15, 0.2) is 5.78 Å². The second-order valence-corrected chi connectivity index (χ2v) is 9.15. The van der Waals surface area contributed by atoms with Crippen LogP contribution < -0.4 is 11.1 Å². The maximum Gasteiger partial charge on any atom is 0.322 e. The van der Waals surface area contributed by atoms with E-state index in [1.807, 2.05) is 24.3 Å². The number of carbonyl (C=O) groups is 3. The second kappa shape index (κ2) is 8.39. The van der Waals surface area contributed by atoms with Crippen molar-refractivity contribution in [1.82, 2.24) is 9.80 Å². The Morgan fingerprint density at radius 3 is 2.47 bits per heavy atom. The van der Waals surface area contributed by atoms with E-state index in [9.17, 15) is 14.4 Å². The lowest BCUT2D eigenvalue weighted by molar-refractivity contribution is -0.137. The Hall–Kier alpha value is -2.39. The number of nitrogens with two attached hydrogens (primary N) is 1. The third kappa shape index (κ3) is 4.09. The molecule has 0 radical (unpaired) electrons. The molecule has 0 spiro atoms. The molecule has 0 aliphatic carbocycles. The van der Waals surface area contributed by atoms with Gasteiger partial charge in [0.25, 0.3) is 0 Å². The number of Topliss-reactive ketones (excluding diaryl/α,β-unsaturated/α-hetero) is 1. The zero-order valence-electron chi connectivity index (χ0n) is 16.0. The van der Waals surface area contributed by atoms with Gasteiger partial charge in [-0.3, -0.25) is 9.59 Å². The highest BCUT2D eigenvalue weighted by molar-refractivity contribution is 9.11. The predicted octanol–water partition coefficient (Wildman–Crippen LogP) is 4.02. The van der Waals surface area contributed by atoms with Crippen LogP contribution in [-0.2, 0) is 11.3 Å². The summed E-state index contributed by atoms with van der Waals surface area (Å²) in [6.45, 7) is 1.51. The fourth-order valence-electron chi connectivity index (χ4n) is 3.64. The Kier molecular flexibility index (Phi) is 5.84. The first kappa shape index (κ1) is 20.9. The molecular weight excluding hydrogens is 516 g/mol. The number of halogens is 2. The summed E-state index contributed by atoms with van der Waals surface area (Å²) in [5.41, 5.74) is 8.78. The average Bonchev–Trinajstić information content (AvgIpc) is 2.69. The standard InChI is InChI=1S/C21H20Br2N4O3/c22-15-7-13(8-16(23)20(15)24)18(28)5-6-19(29)26-10-14(11-26)27-9-12-3-1-2-4-17(12)25-21(27)30/h1-4,7-8,14H,5-6,9-11,24H2,(H,25,30). The van der Waals surface area contributed by atoms with Crippen molar-refractivity contribution in [3.63, 3.8) is 0 Å². The molecule has 1 saturated heterocycles. The maximum absolute atomic E-state index is 12.5. The summed E-state index contributed by atoms with van der Waals surface area (Å²) >= 11 is 6.66. The maximum atomic E-state index is 12.5. The summed E-state index contributed by atoms with van der Waals surface area (Å²) in [6, 6.07) is 10.9. The van der Waals surface area contributed by atoms with Crippen LogP contribution in [0.25, 0.3) is 0 Å². The SMILES string of the molecule is Nc1c(Br)cc(C(=O)CCC(=O)N2CC(N3Cc4ccccc4NC3=O)C2)cc1Br. The van der Waals surface area contributed by atoms with Gasteiger partial charge in [-0.15, -0.1) is 0 Å². The minimum atomic E-state index is -0.138. The van der Waals surface area contributed by atoms with Crippen LogP contribution in [0.3, 0.4) is 0 Å². The number of likely N-dealkylation sites (tertiary alicyclic amines) is 1. The van der Waals surface area contributed by atoms with Crippen molar-refractivity contribution in [3.8, 4) is 0 Å². The number of fused-ring (bicyclic) bond motifs is 1. The van der Waals surface area contributed by atoms with E-state index >= 15 is 0 Å². The third-order valence-corrected chi connectivity index (χ3v) is 6.80. The first-order chi connectivity index (χ1) is 14.3. The molecular formula is C21H20Br2N4O3. The van der Waals surface area contributed by atoms with Gasteiger partial charge in [0, 0.05) is 52.7 Å². The number of para-hydroxylation sites is 1. The number of rotatable bonds is 5. The quantitative estimate of drug-likeness (QED) is 0.446. The number of anilines is 2.